The molecule has 1 rings (SSSR count). The maximum Gasteiger partial charge on any atom is 0.227 e. The van der Waals surface area contributed by atoms with Gasteiger partial charge in [-0.05, 0) is 37.1 Å². The number of nitrogen functional groups attached to an aromatic ring is 1. The third-order valence-corrected chi connectivity index (χ3v) is 2.57. The van der Waals surface area contributed by atoms with Crippen LogP contribution in [-0.4, -0.2) is 5.91 Å². The molecule has 0 radical (unpaired) electrons. The van der Waals surface area contributed by atoms with Crippen LogP contribution in [0.2, 0.25) is 0 Å². The Kier molecular flexibility index (Phi) is 3.72. The van der Waals surface area contributed by atoms with Crippen LogP contribution in [0.25, 0.3) is 0 Å². The molecule has 0 aromatic heterocycles. The highest BCUT2D eigenvalue weighted by atomic mass is 16.1. The number of carbonyl (C=O) groups is 1. The molecule has 15 heavy (non-hydrogen) atoms. The fraction of sp³-hybridized carbons (Fsp3) is 0.417. The van der Waals surface area contributed by atoms with E-state index in [2.05, 4.69) is 5.32 Å². The van der Waals surface area contributed by atoms with Crippen LogP contribution in [0.1, 0.15) is 25.8 Å². The van der Waals surface area contributed by atoms with Crippen molar-refractivity contribution in [2.75, 3.05) is 11.1 Å². The van der Waals surface area contributed by atoms with Crippen LogP contribution in [-0.2, 0) is 4.79 Å². The number of hydrogen-bond acceptors (Lipinski definition) is 2. The summed E-state index contributed by atoms with van der Waals surface area (Å²) in [5.74, 6) is 0.104. The molecule has 82 valence electrons. The molecular weight excluding hydrogens is 188 g/mol. The lowest BCUT2D eigenvalue weighted by Crippen LogP contribution is -2.20. The number of amides is 1. The van der Waals surface area contributed by atoms with Gasteiger partial charge in [-0.1, -0.05) is 13.8 Å². The van der Waals surface area contributed by atoms with Gasteiger partial charge in [0.2, 0.25) is 5.91 Å². The summed E-state index contributed by atoms with van der Waals surface area (Å²) in [6.45, 7) is 5.85. The van der Waals surface area contributed by atoms with Crippen LogP contribution in [0, 0.1) is 12.8 Å². The Morgan fingerprint density at radius 2 is 2.20 bits per heavy atom. The molecule has 3 N–H and O–H groups in total. The summed E-state index contributed by atoms with van der Waals surface area (Å²) in [4.78, 5) is 11.6. The van der Waals surface area contributed by atoms with Gasteiger partial charge in [0, 0.05) is 17.3 Å². The zero-order chi connectivity index (χ0) is 11.4. The molecule has 1 unspecified atom stereocenters. The lowest BCUT2D eigenvalue weighted by Gasteiger charge is -2.12. The molecule has 1 atom stereocenters. The molecule has 0 aliphatic rings. The maximum atomic E-state index is 11.6. The van der Waals surface area contributed by atoms with Crippen molar-refractivity contribution in [1.29, 1.82) is 0 Å². The van der Waals surface area contributed by atoms with Crippen molar-refractivity contribution in [3.63, 3.8) is 0 Å². The van der Waals surface area contributed by atoms with Gasteiger partial charge in [0.15, 0.2) is 0 Å². The predicted octanol–water partition coefficient (Wildman–Crippen LogP) is 2.56. The van der Waals surface area contributed by atoms with E-state index >= 15 is 0 Å². The van der Waals surface area contributed by atoms with Gasteiger partial charge >= 0.3 is 0 Å². The van der Waals surface area contributed by atoms with Crippen LogP contribution in [0.3, 0.4) is 0 Å². The molecular formula is C12H18N2O. The van der Waals surface area contributed by atoms with E-state index in [4.69, 9.17) is 5.73 Å². The van der Waals surface area contributed by atoms with Crippen molar-refractivity contribution in [2.45, 2.75) is 27.2 Å². The Morgan fingerprint density at radius 1 is 1.53 bits per heavy atom. The van der Waals surface area contributed by atoms with Gasteiger partial charge in [-0.2, -0.15) is 0 Å². The predicted molar refractivity (Wildman–Crippen MR) is 63.7 cm³/mol. The van der Waals surface area contributed by atoms with Gasteiger partial charge in [0.1, 0.15) is 0 Å². The van der Waals surface area contributed by atoms with Crippen molar-refractivity contribution < 1.29 is 4.79 Å². The number of rotatable bonds is 3. The molecule has 0 saturated carbocycles. The molecule has 0 fully saturated rings. The van der Waals surface area contributed by atoms with E-state index in [1.54, 1.807) is 6.07 Å². The highest BCUT2D eigenvalue weighted by Gasteiger charge is 2.11. The van der Waals surface area contributed by atoms with E-state index in [-0.39, 0.29) is 11.8 Å². The van der Waals surface area contributed by atoms with E-state index in [1.807, 2.05) is 32.9 Å². The van der Waals surface area contributed by atoms with E-state index in [1.165, 1.54) is 0 Å². The molecule has 0 spiro atoms. The Morgan fingerprint density at radius 3 is 2.73 bits per heavy atom. The second kappa shape index (κ2) is 4.82. The van der Waals surface area contributed by atoms with Gasteiger partial charge in [0.05, 0.1) is 0 Å². The summed E-state index contributed by atoms with van der Waals surface area (Å²) in [5.41, 5.74) is 8.18. The highest BCUT2D eigenvalue weighted by molar-refractivity contribution is 5.93. The molecule has 3 heteroatoms. The number of anilines is 2. The van der Waals surface area contributed by atoms with Gasteiger partial charge in [0.25, 0.3) is 0 Å². The summed E-state index contributed by atoms with van der Waals surface area (Å²) < 4.78 is 0. The monoisotopic (exact) mass is 206 g/mol. The SMILES string of the molecule is CCC(C)C(=O)Nc1ccc(N)cc1C. The fourth-order valence-electron chi connectivity index (χ4n) is 1.27. The van der Waals surface area contributed by atoms with Crippen LogP contribution in [0.15, 0.2) is 18.2 Å². The zero-order valence-corrected chi connectivity index (χ0v) is 9.50. The number of nitrogens with one attached hydrogen (secondary N) is 1. The van der Waals surface area contributed by atoms with E-state index in [0.29, 0.717) is 5.69 Å². The average Bonchev–Trinajstić information content (AvgIpc) is 2.20. The summed E-state index contributed by atoms with van der Waals surface area (Å²) in [6, 6.07) is 5.48. The average molecular weight is 206 g/mol. The van der Waals surface area contributed by atoms with Crippen LogP contribution >= 0.6 is 0 Å². The molecule has 1 aromatic rings. The topological polar surface area (TPSA) is 55.1 Å². The quantitative estimate of drug-likeness (QED) is 0.747. The minimum Gasteiger partial charge on any atom is -0.399 e. The molecule has 0 aliphatic carbocycles. The first-order valence-electron chi connectivity index (χ1n) is 5.21. The summed E-state index contributed by atoms with van der Waals surface area (Å²) >= 11 is 0. The number of carbonyl (C=O) groups excluding carboxylic acids is 1. The first-order chi connectivity index (χ1) is 7.04. The van der Waals surface area contributed by atoms with Crippen LogP contribution in [0.5, 0.6) is 0 Å². The standard InChI is InChI=1S/C12H18N2O/c1-4-8(2)12(15)14-11-6-5-10(13)7-9(11)3/h5-8H,4,13H2,1-3H3,(H,14,15). The minimum atomic E-state index is 0.0435. The Hall–Kier alpha value is -1.51. The third-order valence-electron chi connectivity index (χ3n) is 2.57. The smallest absolute Gasteiger partial charge is 0.227 e. The van der Waals surface area contributed by atoms with Gasteiger partial charge in [-0.3, -0.25) is 4.79 Å². The molecule has 3 nitrogen and oxygen atoms in total. The third kappa shape index (κ3) is 2.98. The van der Waals surface area contributed by atoms with Crippen molar-refractivity contribution in [2.24, 2.45) is 5.92 Å². The van der Waals surface area contributed by atoms with Crippen molar-refractivity contribution in [3.8, 4) is 0 Å². The maximum absolute atomic E-state index is 11.6. The Bertz CT molecular complexity index is 361. The number of aryl methyl sites for hydroxylation is 1. The Labute approximate surface area is 90.7 Å². The minimum absolute atomic E-state index is 0.0435. The fourth-order valence-corrected chi connectivity index (χ4v) is 1.27. The van der Waals surface area contributed by atoms with Gasteiger partial charge in [-0.15, -0.1) is 0 Å². The number of benzene rings is 1. The first kappa shape index (κ1) is 11.6. The van der Waals surface area contributed by atoms with E-state index in [0.717, 1.165) is 17.7 Å². The van der Waals surface area contributed by atoms with E-state index in [9.17, 15) is 4.79 Å². The van der Waals surface area contributed by atoms with E-state index < -0.39 is 0 Å². The second-order valence-corrected chi connectivity index (χ2v) is 3.87. The van der Waals surface area contributed by atoms with Crippen molar-refractivity contribution in [3.05, 3.63) is 23.8 Å². The molecule has 1 amide bonds. The lowest BCUT2D eigenvalue weighted by atomic mass is 10.1. The van der Waals surface area contributed by atoms with Crippen molar-refractivity contribution in [1.82, 2.24) is 0 Å². The largest absolute Gasteiger partial charge is 0.399 e. The summed E-state index contributed by atoms with van der Waals surface area (Å²) in [6.07, 6.45) is 0.847. The Balaban J connectivity index is 2.77. The lowest BCUT2D eigenvalue weighted by molar-refractivity contribution is -0.119. The summed E-state index contributed by atoms with van der Waals surface area (Å²) in [7, 11) is 0. The number of nitrogens with two attached hydrogens (primary N) is 1. The molecule has 0 bridgehead atoms. The normalized spacial score (nSPS) is 12.2. The zero-order valence-electron chi connectivity index (χ0n) is 9.50. The second-order valence-electron chi connectivity index (χ2n) is 3.87. The molecule has 1 aromatic carbocycles. The number of hydrogen-bond donors (Lipinski definition) is 2. The van der Waals surface area contributed by atoms with Crippen molar-refractivity contribution >= 4 is 17.3 Å². The molecule has 0 aliphatic heterocycles. The van der Waals surface area contributed by atoms with Crippen LogP contribution < -0.4 is 11.1 Å². The highest BCUT2D eigenvalue weighted by Crippen LogP contribution is 2.18. The summed E-state index contributed by atoms with van der Waals surface area (Å²) in [5, 5.41) is 2.89. The van der Waals surface area contributed by atoms with Crippen LogP contribution in [0.4, 0.5) is 11.4 Å². The van der Waals surface area contributed by atoms with Gasteiger partial charge in [-0.25, -0.2) is 0 Å². The molecule has 0 saturated heterocycles. The van der Waals surface area contributed by atoms with Gasteiger partial charge < -0.3 is 11.1 Å². The molecule has 0 heterocycles. The first-order valence-corrected chi connectivity index (χ1v) is 5.21.